The van der Waals surface area contributed by atoms with Gasteiger partial charge in [0.2, 0.25) is 0 Å². The lowest BCUT2D eigenvalue weighted by molar-refractivity contribution is -0.118. The van der Waals surface area contributed by atoms with Gasteiger partial charge in [0.25, 0.3) is 11.8 Å². The van der Waals surface area contributed by atoms with E-state index in [0.717, 1.165) is 11.1 Å². The van der Waals surface area contributed by atoms with Gasteiger partial charge in [-0.1, -0.05) is 71.7 Å². The average molecular weight is 607 g/mol. The van der Waals surface area contributed by atoms with E-state index in [1.165, 1.54) is 6.21 Å². The van der Waals surface area contributed by atoms with Crippen LogP contribution in [0.3, 0.4) is 0 Å². The molecule has 4 aromatic rings. The minimum atomic E-state index is -0.446. The molecule has 4 aromatic carbocycles. The highest BCUT2D eigenvalue weighted by Crippen LogP contribution is 2.34. The summed E-state index contributed by atoms with van der Waals surface area (Å²) >= 11 is 12.7. The van der Waals surface area contributed by atoms with Crippen LogP contribution in [0.2, 0.25) is 10.0 Å². The summed E-state index contributed by atoms with van der Waals surface area (Å²) in [5.74, 6) is 0.343. The van der Waals surface area contributed by atoms with E-state index < -0.39 is 5.91 Å². The predicted molar refractivity (Wildman–Crippen MR) is 165 cm³/mol. The highest BCUT2D eigenvalue weighted by Gasteiger charge is 2.14. The number of nitrogens with one attached hydrogen (secondary N) is 2. The van der Waals surface area contributed by atoms with Crippen molar-refractivity contribution >= 4 is 46.9 Å². The Balaban J connectivity index is 1.34. The predicted octanol–water partition coefficient (Wildman–Crippen LogP) is 7.06. The summed E-state index contributed by atoms with van der Waals surface area (Å²) in [6.07, 6.45) is 1.39. The molecular weight excluding hydrogens is 577 g/mol. The minimum absolute atomic E-state index is 0.164. The van der Waals surface area contributed by atoms with Crippen LogP contribution in [-0.4, -0.2) is 31.2 Å². The Morgan fingerprint density at radius 1 is 0.857 bits per heavy atom. The summed E-state index contributed by atoms with van der Waals surface area (Å²) in [4.78, 5) is 25.1. The molecule has 0 heterocycles. The number of carbonyl (C=O) groups is 2. The van der Waals surface area contributed by atoms with Crippen molar-refractivity contribution in [1.82, 2.24) is 5.43 Å². The number of para-hydroxylation sites is 1. The zero-order valence-corrected chi connectivity index (χ0v) is 24.5. The molecule has 0 unspecified atom stereocenters. The van der Waals surface area contributed by atoms with Crippen LogP contribution in [0, 0.1) is 6.92 Å². The average Bonchev–Trinajstić information content (AvgIpc) is 2.98. The maximum Gasteiger partial charge on any atom is 0.271 e. The Morgan fingerprint density at radius 3 is 2.29 bits per heavy atom. The third-order valence-electron chi connectivity index (χ3n) is 5.91. The largest absolute Gasteiger partial charge is 0.490 e. The molecule has 0 bridgehead atoms. The fourth-order valence-corrected chi connectivity index (χ4v) is 4.44. The summed E-state index contributed by atoms with van der Waals surface area (Å²) in [5.41, 5.74) is 5.97. The summed E-state index contributed by atoms with van der Waals surface area (Å²) in [6.45, 7) is 4.24. The molecule has 0 radical (unpaired) electrons. The third kappa shape index (κ3) is 8.49. The molecule has 42 heavy (non-hydrogen) atoms. The van der Waals surface area contributed by atoms with Crippen LogP contribution >= 0.6 is 23.2 Å². The van der Waals surface area contributed by atoms with E-state index in [2.05, 4.69) is 15.8 Å². The molecule has 0 atom stereocenters. The molecule has 0 saturated carbocycles. The van der Waals surface area contributed by atoms with Gasteiger partial charge in [0.05, 0.1) is 22.9 Å². The van der Waals surface area contributed by atoms with Crippen molar-refractivity contribution in [1.29, 1.82) is 0 Å². The van der Waals surface area contributed by atoms with Crippen molar-refractivity contribution in [2.24, 2.45) is 5.10 Å². The first-order valence-electron chi connectivity index (χ1n) is 13.1. The zero-order chi connectivity index (χ0) is 29.9. The molecule has 2 amide bonds. The number of hydrazone groups is 1. The second-order valence-corrected chi connectivity index (χ2v) is 9.85. The van der Waals surface area contributed by atoms with Gasteiger partial charge in [-0.15, -0.1) is 0 Å². The van der Waals surface area contributed by atoms with Crippen LogP contribution in [0.5, 0.6) is 17.2 Å². The van der Waals surface area contributed by atoms with E-state index in [9.17, 15) is 9.59 Å². The summed E-state index contributed by atoms with van der Waals surface area (Å²) in [7, 11) is 0. The molecule has 0 aliphatic heterocycles. The summed E-state index contributed by atoms with van der Waals surface area (Å²) < 4.78 is 17.2. The van der Waals surface area contributed by atoms with Crippen LogP contribution in [-0.2, 0) is 11.4 Å². The Morgan fingerprint density at radius 2 is 1.57 bits per heavy atom. The molecule has 0 fully saturated rings. The van der Waals surface area contributed by atoms with E-state index in [1.54, 1.807) is 36.4 Å². The lowest BCUT2D eigenvalue weighted by Gasteiger charge is -2.13. The first kappa shape index (κ1) is 30.4. The quantitative estimate of drug-likeness (QED) is 0.133. The molecule has 2 N–H and O–H groups in total. The van der Waals surface area contributed by atoms with Crippen LogP contribution in [0.1, 0.15) is 34.0 Å². The van der Waals surface area contributed by atoms with Gasteiger partial charge in [-0.25, -0.2) is 5.43 Å². The van der Waals surface area contributed by atoms with Gasteiger partial charge in [-0.3, -0.25) is 9.59 Å². The smallest absolute Gasteiger partial charge is 0.271 e. The van der Waals surface area contributed by atoms with Gasteiger partial charge in [-0.2, -0.15) is 5.10 Å². The second-order valence-electron chi connectivity index (χ2n) is 9.03. The van der Waals surface area contributed by atoms with E-state index in [4.69, 9.17) is 37.4 Å². The molecule has 10 heteroatoms. The normalized spacial score (nSPS) is 10.8. The van der Waals surface area contributed by atoms with Crippen molar-refractivity contribution < 1.29 is 23.8 Å². The third-order valence-corrected chi connectivity index (χ3v) is 6.47. The van der Waals surface area contributed by atoms with E-state index in [-0.39, 0.29) is 28.3 Å². The Bertz CT molecular complexity index is 1550. The fraction of sp³-hybridized carbons (Fsp3) is 0.156. The van der Waals surface area contributed by atoms with Gasteiger partial charge in [0.1, 0.15) is 6.61 Å². The van der Waals surface area contributed by atoms with Crippen LogP contribution in [0.25, 0.3) is 0 Å². The molecule has 0 aromatic heterocycles. The van der Waals surface area contributed by atoms with Crippen molar-refractivity contribution in [2.45, 2.75) is 20.5 Å². The molecule has 0 saturated heterocycles. The molecule has 4 rings (SSSR count). The number of halogens is 2. The number of aryl methyl sites for hydroxylation is 1. The lowest BCUT2D eigenvalue weighted by atomic mass is 10.2. The van der Waals surface area contributed by atoms with Crippen molar-refractivity contribution in [2.75, 3.05) is 18.5 Å². The van der Waals surface area contributed by atoms with Gasteiger partial charge in [0.15, 0.2) is 23.9 Å². The number of rotatable bonds is 12. The monoisotopic (exact) mass is 605 g/mol. The fourth-order valence-electron chi connectivity index (χ4n) is 3.83. The Hall–Kier alpha value is -4.53. The number of hydrogen-bond acceptors (Lipinski definition) is 6. The van der Waals surface area contributed by atoms with Crippen molar-refractivity contribution in [3.05, 3.63) is 117 Å². The summed E-state index contributed by atoms with van der Waals surface area (Å²) in [6, 6.07) is 25.2. The van der Waals surface area contributed by atoms with Crippen LogP contribution in [0.4, 0.5) is 5.69 Å². The zero-order valence-electron chi connectivity index (χ0n) is 23.0. The second kappa shape index (κ2) is 14.9. The molecule has 216 valence electrons. The maximum absolute atomic E-state index is 12.7. The van der Waals surface area contributed by atoms with Gasteiger partial charge in [0, 0.05) is 11.3 Å². The van der Waals surface area contributed by atoms with E-state index >= 15 is 0 Å². The first-order chi connectivity index (χ1) is 20.3. The first-order valence-corrected chi connectivity index (χ1v) is 13.8. The number of benzene rings is 4. The van der Waals surface area contributed by atoms with Gasteiger partial charge in [-0.05, 0) is 66.9 Å². The van der Waals surface area contributed by atoms with E-state index in [1.807, 2.05) is 62.4 Å². The van der Waals surface area contributed by atoms with Gasteiger partial charge < -0.3 is 19.5 Å². The minimum Gasteiger partial charge on any atom is -0.490 e. The topological polar surface area (TPSA) is 98.3 Å². The number of amides is 2. The number of anilines is 1. The SMILES string of the molecule is CCOc1cc(C(=O)N/N=C/c2cc(Cl)c(OCC(=O)Nc3ccccc3C)c(Cl)c2)ccc1OCc1ccccc1. The lowest BCUT2D eigenvalue weighted by Crippen LogP contribution is -2.20. The number of carbonyl (C=O) groups excluding carboxylic acids is 2. The highest BCUT2D eigenvalue weighted by molar-refractivity contribution is 6.37. The molecule has 0 aliphatic carbocycles. The van der Waals surface area contributed by atoms with E-state index in [0.29, 0.717) is 41.5 Å². The van der Waals surface area contributed by atoms with Gasteiger partial charge >= 0.3 is 0 Å². The number of nitrogens with zero attached hydrogens (tertiary/aromatic N) is 1. The standard InChI is InChI=1S/C32H29Cl2N3O5/c1-3-40-29-17-24(13-14-28(29)41-19-22-10-5-4-6-11-22)32(39)37-35-18-23-15-25(33)31(26(34)16-23)42-20-30(38)36-27-12-8-7-9-21(27)2/h4-18H,3,19-20H2,1-2H3,(H,36,38)(H,37,39)/b35-18+. The molecular formula is C32H29Cl2N3O5. The van der Waals surface area contributed by atoms with Crippen molar-refractivity contribution in [3.63, 3.8) is 0 Å². The highest BCUT2D eigenvalue weighted by atomic mass is 35.5. The van der Waals surface area contributed by atoms with Crippen molar-refractivity contribution in [3.8, 4) is 17.2 Å². The summed E-state index contributed by atoms with van der Waals surface area (Å²) in [5, 5.41) is 7.17. The number of hydrogen-bond donors (Lipinski definition) is 2. The number of ether oxygens (including phenoxy) is 3. The van der Waals surface area contributed by atoms with Crippen LogP contribution in [0.15, 0.2) is 90.0 Å². The molecule has 0 spiro atoms. The Labute approximate surface area is 254 Å². The molecule has 0 aliphatic rings. The Kier molecular flexibility index (Phi) is 10.8. The maximum atomic E-state index is 12.7. The van der Waals surface area contributed by atoms with Crippen LogP contribution < -0.4 is 25.0 Å². The molecule has 8 nitrogen and oxygen atoms in total.